The van der Waals surface area contributed by atoms with Crippen molar-refractivity contribution in [2.24, 2.45) is 7.05 Å². The monoisotopic (exact) mass is 295 g/mol. The van der Waals surface area contributed by atoms with Gasteiger partial charge in [0.05, 0.1) is 18.2 Å². The lowest BCUT2D eigenvalue weighted by Crippen LogP contribution is -2.34. The number of likely N-dealkylation sites (tertiary alicyclic amines) is 1. The Kier molecular flexibility index (Phi) is 3.25. The summed E-state index contributed by atoms with van der Waals surface area (Å²) in [6.07, 6.45) is 8.05. The van der Waals surface area contributed by atoms with E-state index in [4.69, 9.17) is 0 Å². The van der Waals surface area contributed by atoms with E-state index in [9.17, 15) is 4.79 Å². The third-order valence-electron chi connectivity index (χ3n) is 5.08. The zero-order valence-corrected chi connectivity index (χ0v) is 12.9. The van der Waals surface area contributed by atoms with Crippen molar-refractivity contribution in [2.45, 2.75) is 37.6 Å². The number of hydrogen-bond acceptors (Lipinski definition) is 2. The number of rotatable bonds is 2. The zero-order chi connectivity index (χ0) is 15.1. The van der Waals surface area contributed by atoms with Crippen molar-refractivity contribution in [3.8, 4) is 0 Å². The Hall–Kier alpha value is -2.10. The molecule has 1 aromatic heterocycles. The lowest BCUT2D eigenvalue weighted by molar-refractivity contribution is -0.133. The number of benzene rings is 1. The molecule has 1 aliphatic carbocycles. The summed E-state index contributed by atoms with van der Waals surface area (Å²) in [6, 6.07) is 8.60. The SMILES string of the molecule is Cn1cc(C2CCCN2C(=O)C2CCc3ccccc32)cn1. The normalized spacial score (nSPS) is 23.8. The van der Waals surface area contributed by atoms with E-state index in [1.807, 2.05) is 30.2 Å². The van der Waals surface area contributed by atoms with Crippen molar-refractivity contribution in [1.82, 2.24) is 14.7 Å². The van der Waals surface area contributed by atoms with Gasteiger partial charge in [0, 0.05) is 25.4 Å². The van der Waals surface area contributed by atoms with Crippen LogP contribution in [-0.4, -0.2) is 27.1 Å². The van der Waals surface area contributed by atoms with Gasteiger partial charge in [-0.1, -0.05) is 24.3 Å². The molecule has 22 heavy (non-hydrogen) atoms. The number of carbonyl (C=O) groups is 1. The number of hydrogen-bond donors (Lipinski definition) is 0. The van der Waals surface area contributed by atoms with E-state index in [2.05, 4.69) is 28.2 Å². The highest BCUT2D eigenvalue weighted by atomic mass is 16.2. The molecule has 1 amide bonds. The first-order valence-corrected chi connectivity index (χ1v) is 8.11. The first-order valence-electron chi connectivity index (χ1n) is 8.11. The summed E-state index contributed by atoms with van der Waals surface area (Å²) in [4.78, 5) is 15.2. The van der Waals surface area contributed by atoms with Crippen LogP contribution in [0.4, 0.5) is 0 Å². The second-order valence-corrected chi connectivity index (χ2v) is 6.43. The first-order chi connectivity index (χ1) is 10.7. The molecule has 0 N–H and O–H groups in total. The highest BCUT2D eigenvalue weighted by molar-refractivity contribution is 5.85. The van der Waals surface area contributed by atoms with E-state index in [1.165, 1.54) is 16.7 Å². The fourth-order valence-corrected chi connectivity index (χ4v) is 4.00. The van der Waals surface area contributed by atoms with Crippen molar-refractivity contribution in [2.75, 3.05) is 6.54 Å². The third-order valence-corrected chi connectivity index (χ3v) is 5.08. The molecule has 4 heteroatoms. The van der Waals surface area contributed by atoms with Crippen LogP contribution in [0.2, 0.25) is 0 Å². The van der Waals surface area contributed by atoms with Gasteiger partial charge in [0.1, 0.15) is 0 Å². The number of nitrogens with zero attached hydrogens (tertiary/aromatic N) is 3. The molecule has 2 atom stereocenters. The average Bonchev–Trinajstić information content (AvgIpc) is 3.25. The number of carbonyl (C=O) groups excluding carboxylic acids is 1. The molecule has 0 saturated carbocycles. The van der Waals surface area contributed by atoms with Crippen molar-refractivity contribution in [3.63, 3.8) is 0 Å². The van der Waals surface area contributed by atoms with E-state index < -0.39 is 0 Å². The summed E-state index contributed by atoms with van der Waals surface area (Å²) in [7, 11) is 1.93. The molecule has 2 unspecified atom stereocenters. The largest absolute Gasteiger partial charge is 0.335 e. The number of aryl methyl sites for hydroxylation is 2. The molecule has 114 valence electrons. The molecule has 1 saturated heterocycles. The Morgan fingerprint density at radius 2 is 2.14 bits per heavy atom. The highest BCUT2D eigenvalue weighted by Crippen LogP contribution is 2.39. The van der Waals surface area contributed by atoms with Crippen LogP contribution in [0.15, 0.2) is 36.7 Å². The molecule has 2 aliphatic rings. The van der Waals surface area contributed by atoms with E-state index in [1.54, 1.807) is 0 Å². The van der Waals surface area contributed by atoms with Crippen LogP contribution in [0.5, 0.6) is 0 Å². The third kappa shape index (κ3) is 2.14. The Bertz CT molecular complexity index is 706. The molecule has 2 aromatic rings. The molecule has 1 aliphatic heterocycles. The molecule has 1 aromatic carbocycles. The van der Waals surface area contributed by atoms with Gasteiger partial charge >= 0.3 is 0 Å². The van der Waals surface area contributed by atoms with Gasteiger partial charge in [0.25, 0.3) is 0 Å². The van der Waals surface area contributed by atoms with Crippen molar-refractivity contribution >= 4 is 5.91 Å². The molecule has 4 nitrogen and oxygen atoms in total. The summed E-state index contributed by atoms with van der Waals surface area (Å²) >= 11 is 0. The first kappa shape index (κ1) is 13.6. The van der Waals surface area contributed by atoms with Crippen LogP contribution >= 0.6 is 0 Å². The predicted molar refractivity (Wildman–Crippen MR) is 84.4 cm³/mol. The minimum absolute atomic E-state index is 0.0495. The maximum Gasteiger partial charge on any atom is 0.230 e. The van der Waals surface area contributed by atoms with Crippen molar-refractivity contribution in [3.05, 3.63) is 53.3 Å². The van der Waals surface area contributed by atoms with Gasteiger partial charge in [-0.15, -0.1) is 0 Å². The molecule has 4 rings (SSSR count). The lowest BCUT2D eigenvalue weighted by Gasteiger charge is -2.27. The molecule has 1 fully saturated rings. The van der Waals surface area contributed by atoms with Crippen molar-refractivity contribution < 1.29 is 4.79 Å². The van der Waals surface area contributed by atoms with Gasteiger partial charge in [-0.3, -0.25) is 9.48 Å². The number of aromatic nitrogens is 2. The second kappa shape index (κ2) is 5.27. The van der Waals surface area contributed by atoms with Gasteiger partial charge in [-0.25, -0.2) is 0 Å². The zero-order valence-electron chi connectivity index (χ0n) is 12.9. The lowest BCUT2D eigenvalue weighted by atomic mass is 9.99. The molecule has 2 heterocycles. The summed E-state index contributed by atoms with van der Waals surface area (Å²) in [6.45, 7) is 0.872. The molecule has 0 spiro atoms. The van der Waals surface area contributed by atoms with Gasteiger partial charge in [0.15, 0.2) is 0 Å². The second-order valence-electron chi connectivity index (χ2n) is 6.43. The van der Waals surface area contributed by atoms with E-state index in [0.717, 1.165) is 32.2 Å². The summed E-state index contributed by atoms with van der Waals surface area (Å²) < 4.78 is 1.82. The fraction of sp³-hybridized carbons (Fsp3) is 0.444. The summed E-state index contributed by atoms with van der Waals surface area (Å²) in [5.74, 6) is 0.352. The smallest absolute Gasteiger partial charge is 0.230 e. The van der Waals surface area contributed by atoms with Crippen LogP contribution in [-0.2, 0) is 18.3 Å². The standard InChI is InChI=1S/C18H21N3O/c1-20-12-14(11-19-20)17-7-4-10-21(17)18(22)16-9-8-13-5-2-3-6-15(13)16/h2-3,5-6,11-12,16-17H,4,7-10H2,1H3. The highest BCUT2D eigenvalue weighted by Gasteiger charge is 2.37. The molecular formula is C18H21N3O. The fourth-order valence-electron chi connectivity index (χ4n) is 4.00. The molecule has 0 bridgehead atoms. The van der Waals surface area contributed by atoms with Gasteiger partial charge in [0.2, 0.25) is 5.91 Å². The predicted octanol–water partition coefficient (Wildman–Crippen LogP) is 2.81. The number of fused-ring (bicyclic) bond motifs is 1. The van der Waals surface area contributed by atoms with Crippen LogP contribution < -0.4 is 0 Å². The average molecular weight is 295 g/mol. The van der Waals surface area contributed by atoms with E-state index in [0.29, 0.717) is 5.91 Å². The molecule has 0 radical (unpaired) electrons. The van der Waals surface area contributed by atoms with Crippen molar-refractivity contribution in [1.29, 1.82) is 0 Å². The quantitative estimate of drug-likeness (QED) is 0.854. The maximum absolute atomic E-state index is 13.1. The Labute approximate surface area is 130 Å². The maximum atomic E-state index is 13.1. The van der Waals surface area contributed by atoms with Crippen LogP contribution in [0, 0.1) is 0 Å². The van der Waals surface area contributed by atoms with Crippen LogP contribution in [0.25, 0.3) is 0 Å². The summed E-state index contributed by atoms with van der Waals surface area (Å²) in [5, 5.41) is 4.27. The van der Waals surface area contributed by atoms with Gasteiger partial charge in [-0.05, 0) is 36.8 Å². The van der Waals surface area contributed by atoms with Crippen LogP contribution in [0.3, 0.4) is 0 Å². The van der Waals surface area contributed by atoms with Gasteiger partial charge < -0.3 is 4.90 Å². The Morgan fingerprint density at radius 3 is 2.95 bits per heavy atom. The minimum Gasteiger partial charge on any atom is -0.335 e. The Balaban J connectivity index is 1.60. The van der Waals surface area contributed by atoms with Crippen LogP contribution in [0.1, 0.15) is 47.9 Å². The molecular weight excluding hydrogens is 274 g/mol. The topological polar surface area (TPSA) is 38.1 Å². The van der Waals surface area contributed by atoms with Gasteiger partial charge in [-0.2, -0.15) is 5.10 Å². The summed E-state index contributed by atoms with van der Waals surface area (Å²) in [5.41, 5.74) is 3.75. The minimum atomic E-state index is 0.0495. The number of amides is 1. The van der Waals surface area contributed by atoms with E-state index >= 15 is 0 Å². The Morgan fingerprint density at radius 1 is 1.27 bits per heavy atom. The van der Waals surface area contributed by atoms with E-state index in [-0.39, 0.29) is 12.0 Å².